The molecule has 0 unspecified atom stereocenters. The number of hydrogen-bond acceptors (Lipinski definition) is 4. The van der Waals surface area contributed by atoms with Gasteiger partial charge in [-0.3, -0.25) is 4.79 Å². The highest BCUT2D eigenvalue weighted by Gasteiger charge is 2.26. The van der Waals surface area contributed by atoms with E-state index in [-0.39, 0.29) is 29.5 Å². The lowest BCUT2D eigenvalue weighted by atomic mass is 9.90. The number of amides is 1. The van der Waals surface area contributed by atoms with E-state index in [0.717, 1.165) is 6.42 Å². The van der Waals surface area contributed by atoms with Crippen LogP contribution in [0.5, 0.6) is 0 Å². The minimum absolute atomic E-state index is 0.0678. The minimum atomic E-state index is -0.987. The Morgan fingerprint density at radius 2 is 1.83 bits per heavy atom. The van der Waals surface area contributed by atoms with Gasteiger partial charge in [0, 0.05) is 36.7 Å². The number of benzene rings is 3. The number of aliphatic hydroxyl groups is 1. The highest BCUT2D eigenvalue weighted by molar-refractivity contribution is 5.98. The summed E-state index contributed by atoms with van der Waals surface area (Å²) < 4.78 is 29.8. The first-order chi connectivity index (χ1) is 16.6. The third-order valence-electron chi connectivity index (χ3n) is 6.14. The predicted octanol–water partition coefficient (Wildman–Crippen LogP) is 4.66. The van der Waals surface area contributed by atoms with Crippen LogP contribution >= 0.6 is 0 Å². The second kappa shape index (κ2) is 9.57. The summed E-state index contributed by atoms with van der Waals surface area (Å²) in [5.74, 6) is -1.38. The number of carbonyl (C=O) groups excluding carboxylic acids is 1. The molecule has 0 aliphatic carbocycles. The van der Waals surface area contributed by atoms with Crippen molar-refractivity contribution in [1.29, 1.82) is 5.26 Å². The fraction of sp³-hybridized carbons (Fsp3) is 0.286. The molecule has 35 heavy (non-hydrogen) atoms. The fourth-order valence-corrected chi connectivity index (χ4v) is 4.47. The maximum absolute atomic E-state index is 15.3. The quantitative estimate of drug-likeness (QED) is 0.562. The van der Waals surface area contributed by atoms with Gasteiger partial charge >= 0.3 is 0 Å². The summed E-state index contributed by atoms with van der Waals surface area (Å²) in [4.78, 5) is 14.8. The summed E-state index contributed by atoms with van der Waals surface area (Å²) >= 11 is 0. The van der Waals surface area contributed by atoms with Crippen LogP contribution in [-0.2, 0) is 6.42 Å². The molecule has 3 aromatic carbocycles. The van der Waals surface area contributed by atoms with Gasteiger partial charge < -0.3 is 15.7 Å². The van der Waals surface area contributed by atoms with E-state index in [1.807, 2.05) is 0 Å². The average molecular weight is 476 g/mol. The smallest absolute Gasteiger partial charge is 0.253 e. The molecule has 0 saturated carbocycles. The van der Waals surface area contributed by atoms with Crippen molar-refractivity contribution >= 4 is 5.91 Å². The first kappa shape index (κ1) is 24.5. The van der Waals surface area contributed by atoms with Crippen LogP contribution in [0, 0.1) is 23.0 Å². The molecule has 1 atom stereocenters. The molecular formula is C28H27F2N3O2. The van der Waals surface area contributed by atoms with Crippen LogP contribution in [0.2, 0.25) is 0 Å². The van der Waals surface area contributed by atoms with Crippen LogP contribution < -0.4 is 5.73 Å². The van der Waals surface area contributed by atoms with Crippen LogP contribution in [0.4, 0.5) is 8.78 Å². The number of hydrogen-bond donors (Lipinski definition) is 2. The van der Waals surface area contributed by atoms with Crippen molar-refractivity contribution in [3.8, 4) is 28.3 Å². The molecule has 1 fully saturated rings. The minimum Gasteiger partial charge on any atom is -0.390 e. The first-order valence-electron chi connectivity index (χ1n) is 11.5. The second-order valence-electron chi connectivity index (χ2n) is 9.67. The van der Waals surface area contributed by atoms with E-state index in [9.17, 15) is 14.3 Å². The number of carbonyl (C=O) groups is 1. The van der Waals surface area contributed by atoms with Gasteiger partial charge in [0.25, 0.3) is 5.91 Å². The summed E-state index contributed by atoms with van der Waals surface area (Å²) in [5.41, 5.74) is 7.55. The molecule has 1 saturated heterocycles. The number of likely N-dealkylation sites (tertiary alicyclic amines) is 1. The summed E-state index contributed by atoms with van der Waals surface area (Å²) in [5, 5.41) is 19.2. The van der Waals surface area contributed by atoms with Crippen molar-refractivity contribution < 1.29 is 18.7 Å². The van der Waals surface area contributed by atoms with Crippen molar-refractivity contribution in [2.45, 2.75) is 38.3 Å². The van der Waals surface area contributed by atoms with E-state index in [0.29, 0.717) is 40.9 Å². The zero-order valence-corrected chi connectivity index (χ0v) is 19.7. The molecule has 1 amide bonds. The molecule has 3 aromatic rings. The van der Waals surface area contributed by atoms with Crippen LogP contribution in [0.25, 0.3) is 22.3 Å². The molecule has 4 rings (SSSR count). The summed E-state index contributed by atoms with van der Waals surface area (Å²) in [7, 11) is 0. The molecule has 1 aliphatic heterocycles. The summed E-state index contributed by atoms with van der Waals surface area (Å²) in [6, 6.07) is 15.6. The lowest BCUT2D eigenvalue weighted by molar-refractivity contribution is 0.0788. The Morgan fingerprint density at radius 3 is 2.43 bits per heavy atom. The molecule has 0 bridgehead atoms. The van der Waals surface area contributed by atoms with Crippen LogP contribution in [0.3, 0.4) is 0 Å². The van der Waals surface area contributed by atoms with E-state index >= 15 is 4.39 Å². The number of halogens is 2. The lowest BCUT2D eigenvalue weighted by Gasteiger charge is -2.19. The maximum atomic E-state index is 15.3. The van der Waals surface area contributed by atoms with E-state index in [1.54, 1.807) is 61.2 Å². The molecular weight excluding hydrogens is 448 g/mol. The van der Waals surface area contributed by atoms with Crippen molar-refractivity contribution in [3.63, 3.8) is 0 Å². The molecule has 5 nitrogen and oxygen atoms in total. The number of rotatable bonds is 5. The molecule has 0 aromatic heterocycles. The van der Waals surface area contributed by atoms with Crippen molar-refractivity contribution in [2.24, 2.45) is 5.73 Å². The molecule has 180 valence electrons. The van der Waals surface area contributed by atoms with Gasteiger partial charge in [0.1, 0.15) is 17.7 Å². The van der Waals surface area contributed by atoms with Crippen LogP contribution in [-0.4, -0.2) is 40.6 Å². The van der Waals surface area contributed by atoms with E-state index in [2.05, 4.69) is 0 Å². The third-order valence-corrected chi connectivity index (χ3v) is 6.14. The summed E-state index contributed by atoms with van der Waals surface area (Å²) in [6.45, 7) is 4.32. The topological polar surface area (TPSA) is 90.3 Å². The molecule has 0 spiro atoms. The highest BCUT2D eigenvalue weighted by Crippen LogP contribution is 2.36. The Morgan fingerprint density at radius 1 is 1.09 bits per heavy atom. The zero-order valence-electron chi connectivity index (χ0n) is 19.7. The fourth-order valence-electron chi connectivity index (χ4n) is 4.47. The monoisotopic (exact) mass is 475 g/mol. The standard InChI is InChI=1S/C28H27F2N3O2/c1-28(2,35)14-17-3-7-23(26(30)11-17)22-8-6-19(27(34)33-10-9-21(32)16-33)12-24(22)18-4-5-20(15-31)25(29)13-18/h3-8,11-13,21,35H,9-10,14,16,32H2,1-2H3/t21-/m0/s1. The zero-order chi connectivity index (χ0) is 25.3. The van der Waals surface area contributed by atoms with Gasteiger partial charge in [-0.25, -0.2) is 8.78 Å². The van der Waals surface area contributed by atoms with Gasteiger partial charge in [-0.05, 0) is 72.9 Å². The van der Waals surface area contributed by atoms with E-state index < -0.39 is 17.2 Å². The van der Waals surface area contributed by atoms with Crippen molar-refractivity contribution in [3.05, 3.63) is 82.9 Å². The molecule has 1 aliphatic rings. The van der Waals surface area contributed by atoms with Crippen molar-refractivity contribution in [1.82, 2.24) is 4.90 Å². The Bertz CT molecular complexity index is 1320. The number of nitrogens with zero attached hydrogens (tertiary/aromatic N) is 2. The van der Waals surface area contributed by atoms with Gasteiger partial charge in [-0.1, -0.05) is 24.3 Å². The maximum Gasteiger partial charge on any atom is 0.253 e. The number of nitrogens with two attached hydrogens (primary N) is 1. The Labute approximate surface area is 203 Å². The lowest BCUT2D eigenvalue weighted by Crippen LogP contribution is -2.31. The van der Waals surface area contributed by atoms with Crippen LogP contribution in [0.15, 0.2) is 54.6 Å². The average Bonchev–Trinajstić information content (AvgIpc) is 3.23. The van der Waals surface area contributed by atoms with E-state index in [1.165, 1.54) is 18.2 Å². The molecule has 1 heterocycles. The van der Waals surface area contributed by atoms with Crippen molar-refractivity contribution in [2.75, 3.05) is 13.1 Å². The Balaban J connectivity index is 1.82. The third kappa shape index (κ3) is 5.40. The molecule has 7 heteroatoms. The van der Waals surface area contributed by atoms with Gasteiger partial charge in [0.15, 0.2) is 0 Å². The van der Waals surface area contributed by atoms with Gasteiger partial charge in [-0.15, -0.1) is 0 Å². The number of nitriles is 1. The van der Waals surface area contributed by atoms with Gasteiger partial charge in [0.05, 0.1) is 11.2 Å². The molecule has 0 radical (unpaired) electrons. The van der Waals surface area contributed by atoms with Gasteiger partial charge in [-0.2, -0.15) is 5.26 Å². The second-order valence-corrected chi connectivity index (χ2v) is 9.67. The summed E-state index contributed by atoms with van der Waals surface area (Å²) in [6.07, 6.45) is 1.00. The largest absolute Gasteiger partial charge is 0.390 e. The Hall–Kier alpha value is -3.60. The predicted molar refractivity (Wildman–Crippen MR) is 130 cm³/mol. The van der Waals surface area contributed by atoms with Crippen LogP contribution in [0.1, 0.15) is 41.8 Å². The SMILES string of the molecule is CC(C)(O)Cc1ccc(-c2ccc(C(=O)N3CC[C@H](N)C3)cc2-c2ccc(C#N)c(F)c2)c(F)c1. The first-order valence-corrected chi connectivity index (χ1v) is 11.5. The highest BCUT2D eigenvalue weighted by atomic mass is 19.1. The van der Waals surface area contributed by atoms with E-state index in [4.69, 9.17) is 11.0 Å². The van der Waals surface area contributed by atoms with Gasteiger partial charge in [0.2, 0.25) is 0 Å². The Kier molecular flexibility index (Phi) is 6.70. The molecule has 3 N–H and O–H groups in total. The normalized spacial score (nSPS) is 15.8.